The third-order valence-corrected chi connectivity index (χ3v) is 2.46. The fourth-order valence-electron chi connectivity index (χ4n) is 1.57. The maximum Gasteiger partial charge on any atom is 0.264 e. The molecule has 0 amide bonds. The van der Waals surface area contributed by atoms with E-state index in [-0.39, 0.29) is 12.2 Å². The summed E-state index contributed by atoms with van der Waals surface area (Å²) in [5, 5.41) is 12.2. The van der Waals surface area contributed by atoms with Gasteiger partial charge in [-0.15, -0.1) is 0 Å². The van der Waals surface area contributed by atoms with Gasteiger partial charge >= 0.3 is 0 Å². The lowest BCUT2D eigenvalue weighted by molar-refractivity contribution is 0.292. The SMILES string of the molecule is Cn1cnc2ccnc(NCCCO)c2c1=O. The summed E-state index contributed by atoms with van der Waals surface area (Å²) >= 11 is 0. The smallest absolute Gasteiger partial charge is 0.264 e. The van der Waals surface area contributed by atoms with E-state index in [1.54, 1.807) is 19.3 Å². The monoisotopic (exact) mass is 234 g/mol. The first-order valence-electron chi connectivity index (χ1n) is 5.39. The number of nitrogens with one attached hydrogen (secondary N) is 1. The van der Waals surface area contributed by atoms with E-state index in [9.17, 15) is 4.79 Å². The lowest BCUT2D eigenvalue weighted by Crippen LogP contribution is -2.19. The van der Waals surface area contributed by atoms with Crippen LogP contribution in [-0.2, 0) is 7.05 Å². The molecule has 0 aliphatic heterocycles. The van der Waals surface area contributed by atoms with Crippen LogP contribution in [0.15, 0.2) is 23.4 Å². The average Bonchev–Trinajstić information content (AvgIpc) is 2.34. The van der Waals surface area contributed by atoms with E-state index < -0.39 is 0 Å². The number of nitrogens with zero attached hydrogens (tertiary/aromatic N) is 3. The molecule has 0 unspecified atom stereocenters. The highest BCUT2D eigenvalue weighted by Crippen LogP contribution is 2.14. The van der Waals surface area contributed by atoms with Crippen molar-refractivity contribution in [2.75, 3.05) is 18.5 Å². The summed E-state index contributed by atoms with van der Waals surface area (Å²) in [4.78, 5) is 20.3. The highest BCUT2D eigenvalue weighted by molar-refractivity contribution is 5.87. The van der Waals surface area contributed by atoms with Crippen molar-refractivity contribution in [3.8, 4) is 0 Å². The largest absolute Gasteiger partial charge is 0.396 e. The molecule has 0 fully saturated rings. The molecule has 2 aromatic heterocycles. The Hall–Kier alpha value is -1.95. The standard InChI is InChI=1S/C11H14N4O2/c1-15-7-14-8-3-5-13-10(9(8)11(15)17)12-4-2-6-16/h3,5,7,16H,2,4,6H2,1H3,(H,12,13). The van der Waals surface area contributed by atoms with Gasteiger partial charge in [-0.1, -0.05) is 0 Å². The lowest BCUT2D eigenvalue weighted by atomic mass is 10.3. The van der Waals surface area contributed by atoms with Crippen LogP contribution in [-0.4, -0.2) is 32.8 Å². The van der Waals surface area contributed by atoms with Crippen molar-refractivity contribution in [2.24, 2.45) is 7.05 Å². The summed E-state index contributed by atoms with van der Waals surface area (Å²) < 4.78 is 1.42. The van der Waals surface area contributed by atoms with Crippen molar-refractivity contribution in [3.63, 3.8) is 0 Å². The van der Waals surface area contributed by atoms with E-state index in [1.165, 1.54) is 10.9 Å². The molecule has 0 bridgehead atoms. The molecule has 17 heavy (non-hydrogen) atoms. The maximum absolute atomic E-state index is 12.0. The Morgan fingerprint density at radius 3 is 3.06 bits per heavy atom. The number of aliphatic hydroxyl groups excluding tert-OH is 1. The summed E-state index contributed by atoms with van der Waals surface area (Å²) in [5.41, 5.74) is 0.490. The molecule has 2 rings (SSSR count). The van der Waals surface area contributed by atoms with Crippen molar-refractivity contribution in [1.29, 1.82) is 0 Å². The van der Waals surface area contributed by atoms with Crippen LogP contribution in [0.1, 0.15) is 6.42 Å². The molecular formula is C11H14N4O2. The molecule has 0 saturated carbocycles. The second kappa shape index (κ2) is 4.92. The van der Waals surface area contributed by atoms with Gasteiger partial charge in [0.15, 0.2) is 0 Å². The van der Waals surface area contributed by atoms with Crippen LogP contribution in [0.4, 0.5) is 5.82 Å². The summed E-state index contributed by atoms with van der Waals surface area (Å²) in [7, 11) is 1.65. The molecule has 2 N–H and O–H groups in total. The summed E-state index contributed by atoms with van der Waals surface area (Å²) in [5.74, 6) is 0.518. The molecule has 0 aliphatic carbocycles. The number of hydrogen-bond acceptors (Lipinski definition) is 5. The van der Waals surface area contributed by atoms with Gasteiger partial charge in [-0.25, -0.2) is 9.97 Å². The van der Waals surface area contributed by atoms with Crippen LogP contribution in [0.5, 0.6) is 0 Å². The number of aryl methyl sites for hydroxylation is 1. The number of aliphatic hydroxyl groups is 1. The van der Waals surface area contributed by atoms with Crippen LogP contribution < -0.4 is 10.9 Å². The van der Waals surface area contributed by atoms with E-state index in [0.29, 0.717) is 29.7 Å². The van der Waals surface area contributed by atoms with Crippen molar-refractivity contribution in [2.45, 2.75) is 6.42 Å². The Morgan fingerprint density at radius 1 is 1.47 bits per heavy atom. The van der Waals surface area contributed by atoms with Gasteiger partial charge in [-0.2, -0.15) is 0 Å². The molecule has 0 saturated heterocycles. The Bertz CT molecular complexity index is 579. The molecule has 0 aromatic carbocycles. The first kappa shape index (κ1) is 11.5. The highest BCUT2D eigenvalue weighted by Gasteiger charge is 2.08. The number of anilines is 1. The van der Waals surface area contributed by atoms with Gasteiger partial charge in [-0.3, -0.25) is 4.79 Å². The zero-order chi connectivity index (χ0) is 12.3. The van der Waals surface area contributed by atoms with Crippen LogP contribution in [0.3, 0.4) is 0 Å². The molecule has 2 heterocycles. The van der Waals surface area contributed by atoms with Crippen molar-refractivity contribution in [1.82, 2.24) is 14.5 Å². The summed E-state index contributed by atoms with van der Waals surface area (Å²) in [6, 6.07) is 1.70. The third-order valence-electron chi connectivity index (χ3n) is 2.46. The normalized spacial score (nSPS) is 10.7. The molecule has 0 spiro atoms. The van der Waals surface area contributed by atoms with Crippen LogP contribution in [0.2, 0.25) is 0 Å². The first-order valence-corrected chi connectivity index (χ1v) is 5.39. The van der Waals surface area contributed by atoms with Gasteiger partial charge in [0.1, 0.15) is 11.2 Å². The summed E-state index contributed by atoms with van der Waals surface area (Å²) in [6.07, 6.45) is 3.71. The lowest BCUT2D eigenvalue weighted by Gasteiger charge is -2.07. The van der Waals surface area contributed by atoms with Crippen LogP contribution in [0, 0.1) is 0 Å². The zero-order valence-electron chi connectivity index (χ0n) is 9.55. The summed E-state index contributed by atoms with van der Waals surface area (Å²) in [6.45, 7) is 0.675. The van der Waals surface area contributed by atoms with Gasteiger partial charge in [0.05, 0.1) is 11.8 Å². The zero-order valence-corrected chi connectivity index (χ0v) is 9.55. The fraction of sp³-hybridized carbons (Fsp3) is 0.364. The number of fused-ring (bicyclic) bond motifs is 1. The van der Waals surface area contributed by atoms with Gasteiger partial charge in [-0.05, 0) is 12.5 Å². The Kier molecular flexibility index (Phi) is 3.34. The quantitative estimate of drug-likeness (QED) is 0.735. The van der Waals surface area contributed by atoms with Crippen LogP contribution >= 0.6 is 0 Å². The minimum atomic E-state index is -0.130. The minimum absolute atomic E-state index is 0.105. The molecule has 0 radical (unpaired) electrons. The molecule has 0 atom stereocenters. The molecule has 6 heteroatoms. The number of pyridine rings is 1. The van der Waals surface area contributed by atoms with E-state index in [2.05, 4.69) is 15.3 Å². The average molecular weight is 234 g/mol. The number of aromatic nitrogens is 3. The minimum Gasteiger partial charge on any atom is -0.396 e. The Balaban J connectivity index is 2.48. The van der Waals surface area contributed by atoms with Gasteiger partial charge < -0.3 is 15.0 Å². The van der Waals surface area contributed by atoms with E-state index in [0.717, 1.165) is 0 Å². The fourth-order valence-corrected chi connectivity index (χ4v) is 1.57. The number of hydrogen-bond donors (Lipinski definition) is 2. The second-order valence-corrected chi connectivity index (χ2v) is 3.72. The molecule has 90 valence electrons. The highest BCUT2D eigenvalue weighted by atomic mass is 16.3. The van der Waals surface area contributed by atoms with Crippen molar-refractivity contribution >= 4 is 16.7 Å². The predicted molar refractivity (Wildman–Crippen MR) is 65.0 cm³/mol. The van der Waals surface area contributed by atoms with E-state index >= 15 is 0 Å². The maximum atomic E-state index is 12.0. The third kappa shape index (κ3) is 2.26. The number of rotatable bonds is 4. The first-order chi connectivity index (χ1) is 8.24. The van der Waals surface area contributed by atoms with E-state index in [1.807, 2.05) is 0 Å². The van der Waals surface area contributed by atoms with Gasteiger partial charge in [0.2, 0.25) is 0 Å². The molecular weight excluding hydrogens is 220 g/mol. The molecule has 6 nitrogen and oxygen atoms in total. The van der Waals surface area contributed by atoms with Crippen molar-refractivity contribution < 1.29 is 5.11 Å². The van der Waals surface area contributed by atoms with E-state index in [4.69, 9.17) is 5.11 Å². The molecule has 0 aliphatic rings. The van der Waals surface area contributed by atoms with Crippen molar-refractivity contribution in [3.05, 3.63) is 28.9 Å². The van der Waals surface area contributed by atoms with Gasteiger partial charge in [0.25, 0.3) is 5.56 Å². The second-order valence-electron chi connectivity index (χ2n) is 3.72. The Morgan fingerprint density at radius 2 is 2.29 bits per heavy atom. The topological polar surface area (TPSA) is 80.0 Å². The Labute approximate surface area is 97.9 Å². The predicted octanol–water partition coefficient (Wildman–Crippen LogP) is 0.123. The van der Waals surface area contributed by atoms with Gasteiger partial charge in [0, 0.05) is 26.4 Å². The van der Waals surface area contributed by atoms with Crippen LogP contribution in [0.25, 0.3) is 10.9 Å². The molecule has 2 aromatic rings.